The second kappa shape index (κ2) is 4.96. The van der Waals surface area contributed by atoms with Gasteiger partial charge in [-0.3, -0.25) is 4.79 Å². The molecule has 1 heterocycles. The van der Waals surface area contributed by atoms with Gasteiger partial charge in [-0.15, -0.1) is 0 Å². The van der Waals surface area contributed by atoms with Crippen LogP contribution in [0.15, 0.2) is 6.07 Å². The number of hydrogen-bond acceptors (Lipinski definition) is 3. The van der Waals surface area contributed by atoms with Crippen LogP contribution in [0.25, 0.3) is 10.9 Å². The van der Waals surface area contributed by atoms with E-state index in [1.165, 1.54) is 0 Å². The Morgan fingerprint density at radius 2 is 2.11 bits per heavy atom. The van der Waals surface area contributed by atoms with Gasteiger partial charge in [0.1, 0.15) is 5.75 Å². The normalized spacial score (nSPS) is 10.9. The van der Waals surface area contributed by atoms with Gasteiger partial charge in [0.2, 0.25) is 0 Å². The smallest absolute Gasteiger partial charge is 0.152 e. The van der Waals surface area contributed by atoms with Crippen molar-refractivity contribution in [1.29, 1.82) is 0 Å². The van der Waals surface area contributed by atoms with E-state index in [1.807, 2.05) is 6.92 Å². The summed E-state index contributed by atoms with van der Waals surface area (Å²) in [7, 11) is 1.61. The number of hydrogen-bond donors (Lipinski definition) is 1. The molecule has 2 aromatic rings. The van der Waals surface area contributed by atoms with Crippen molar-refractivity contribution in [3.63, 3.8) is 0 Å². The van der Waals surface area contributed by atoms with Crippen molar-refractivity contribution in [1.82, 2.24) is 4.57 Å². The number of aryl methyl sites for hydroxylation is 2. The minimum Gasteiger partial charge on any atom is -0.494 e. The molecule has 0 saturated heterocycles. The van der Waals surface area contributed by atoms with Crippen molar-refractivity contribution in [2.24, 2.45) is 0 Å². The molecule has 0 aliphatic rings. The lowest BCUT2D eigenvalue weighted by Gasteiger charge is -2.12. The zero-order chi connectivity index (χ0) is 14.2. The van der Waals surface area contributed by atoms with Crippen molar-refractivity contribution >= 4 is 22.9 Å². The topological polar surface area (TPSA) is 57.2 Å². The van der Waals surface area contributed by atoms with E-state index in [1.54, 1.807) is 7.11 Å². The van der Waals surface area contributed by atoms with Crippen LogP contribution in [-0.2, 0) is 13.0 Å². The summed E-state index contributed by atoms with van der Waals surface area (Å²) < 4.78 is 7.53. The summed E-state index contributed by atoms with van der Waals surface area (Å²) in [6, 6.07) is 2.08. The van der Waals surface area contributed by atoms with Crippen molar-refractivity contribution in [3.8, 4) is 5.75 Å². The number of aldehydes is 1. The van der Waals surface area contributed by atoms with Gasteiger partial charge in [-0.05, 0) is 31.9 Å². The summed E-state index contributed by atoms with van der Waals surface area (Å²) in [5.41, 5.74) is 10.5. The first-order valence-electron chi connectivity index (χ1n) is 6.53. The van der Waals surface area contributed by atoms with Gasteiger partial charge in [-0.25, -0.2) is 0 Å². The van der Waals surface area contributed by atoms with Gasteiger partial charge < -0.3 is 15.0 Å². The summed E-state index contributed by atoms with van der Waals surface area (Å²) in [4.78, 5) is 11.4. The van der Waals surface area contributed by atoms with Crippen LogP contribution >= 0.6 is 0 Å². The van der Waals surface area contributed by atoms with E-state index in [9.17, 15) is 4.79 Å². The summed E-state index contributed by atoms with van der Waals surface area (Å²) in [5.74, 6) is 0.686. The number of benzene rings is 1. The average molecular weight is 260 g/mol. The number of methoxy groups -OCH3 is 1. The van der Waals surface area contributed by atoms with Crippen molar-refractivity contribution in [2.75, 3.05) is 12.8 Å². The fourth-order valence-corrected chi connectivity index (χ4v) is 2.79. The molecular weight excluding hydrogens is 240 g/mol. The molecule has 0 bridgehead atoms. The van der Waals surface area contributed by atoms with Crippen LogP contribution in [0.5, 0.6) is 5.75 Å². The number of ether oxygens (including phenoxy) is 1. The van der Waals surface area contributed by atoms with Crippen LogP contribution in [0.4, 0.5) is 5.69 Å². The molecule has 0 amide bonds. The van der Waals surface area contributed by atoms with Gasteiger partial charge in [-0.2, -0.15) is 0 Å². The first kappa shape index (κ1) is 13.5. The molecule has 0 radical (unpaired) electrons. The Balaban J connectivity index is 2.99. The molecule has 0 aliphatic carbocycles. The van der Waals surface area contributed by atoms with Gasteiger partial charge in [0, 0.05) is 23.2 Å². The third kappa shape index (κ3) is 1.79. The third-order valence-electron chi connectivity index (χ3n) is 3.75. The van der Waals surface area contributed by atoms with E-state index in [-0.39, 0.29) is 0 Å². The summed E-state index contributed by atoms with van der Waals surface area (Å²) in [6.07, 6.45) is 1.72. The second-order valence-electron chi connectivity index (χ2n) is 4.59. The quantitative estimate of drug-likeness (QED) is 0.679. The number of aromatic nitrogens is 1. The minimum absolute atomic E-state index is 0.564. The molecule has 4 nitrogen and oxygen atoms in total. The predicted molar refractivity (Wildman–Crippen MR) is 78.1 cm³/mol. The van der Waals surface area contributed by atoms with Crippen molar-refractivity contribution in [3.05, 3.63) is 22.9 Å². The van der Waals surface area contributed by atoms with Gasteiger partial charge in [0.25, 0.3) is 0 Å². The Bertz CT molecular complexity index is 642. The maximum absolute atomic E-state index is 11.4. The number of nitrogens with zero attached hydrogens (tertiary/aromatic N) is 1. The predicted octanol–water partition coefficient (Wildman–Crippen LogP) is 2.94. The first-order chi connectivity index (χ1) is 9.10. The zero-order valence-electron chi connectivity index (χ0n) is 11.9. The molecular formula is C15H20N2O2. The Hall–Kier alpha value is -1.97. The first-order valence-corrected chi connectivity index (χ1v) is 6.53. The molecule has 0 aliphatic heterocycles. The SMILES string of the molecule is CCc1cc2c(c(N)c1OC)c(C=O)c(C)n2CC. The Kier molecular flexibility index (Phi) is 3.51. The largest absolute Gasteiger partial charge is 0.494 e. The monoisotopic (exact) mass is 260 g/mol. The van der Waals surface area contributed by atoms with E-state index >= 15 is 0 Å². The fourth-order valence-electron chi connectivity index (χ4n) is 2.79. The maximum atomic E-state index is 11.4. The molecule has 1 aromatic heterocycles. The molecule has 2 rings (SSSR count). The Morgan fingerprint density at radius 1 is 1.42 bits per heavy atom. The molecule has 1 aromatic carbocycles. The van der Waals surface area contributed by atoms with E-state index in [4.69, 9.17) is 10.5 Å². The number of nitrogen functional groups attached to an aromatic ring is 1. The number of rotatable bonds is 4. The van der Waals surface area contributed by atoms with Crippen LogP contribution in [0.3, 0.4) is 0 Å². The summed E-state index contributed by atoms with van der Waals surface area (Å²) in [6.45, 7) is 6.89. The molecule has 0 fully saturated rings. The number of carbonyl (C=O) groups is 1. The van der Waals surface area contributed by atoms with Crippen molar-refractivity contribution < 1.29 is 9.53 Å². The lowest BCUT2D eigenvalue weighted by molar-refractivity contribution is 0.112. The lowest BCUT2D eigenvalue weighted by atomic mass is 10.0. The maximum Gasteiger partial charge on any atom is 0.152 e. The van der Waals surface area contributed by atoms with Gasteiger partial charge in [0.15, 0.2) is 6.29 Å². The summed E-state index contributed by atoms with van der Waals surface area (Å²) >= 11 is 0. The van der Waals surface area contributed by atoms with E-state index in [2.05, 4.69) is 24.5 Å². The van der Waals surface area contributed by atoms with Crippen molar-refractivity contribution in [2.45, 2.75) is 33.7 Å². The lowest BCUT2D eigenvalue weighted by Crippen LogP contribution is -2.00. The highest BCUT2D eigenvalue weighted by molar-refractivity contribution is 6.07. The van der Waals surface area contributed by atoms with E-state index in [0.29, 0.717) is 17.0 Å². The Morgan fingerprint density at radius 3 is 2.58 bits per heavy atom. The number of fused-ring (bicyclic) bond motifs is 1. The molecule has 0 atom stereocenters. The summed E-state index contributed by atoms with van der Waals surface area (Å²) in [5, 5.41) is 0.809. The zero-order valence-corrected chi connectivity index (χ0v) is 11.9. The molecule has 0 unspecified atom stereocenters. The van der Waals surface area contributed by atoms with Crippen LogP contribution in [0.2, 0.25) is 0 Å². The Labute approximate surface area is 113 Å². The van der Waals surface area contributed by atoms with Crippen LogP contribution in [-0.4, -0.2) is 18.0 Å². The van der Waals surface area contributed by atoms with Gasteiger partial charge in [-0.1, -0.05) is 6.92 Å². The molecule has 4 heteroatoms. The highest BCUT2D eigenvalue weighted by Crippen LogP contribution is 2.38. The number of carbonyl (C=O) groups excluding carboxylic acids is 1. The molecule has 19 heavy (non-hydrogen) atoms. The number of nitrogens with two attached hydrogens (primary N) is 1. The molecule has 102 valence electrons. The highest BCUT2D eigenvalue weighted by atomic mass is 16.5. The van der Waals surface area contributed by atoms with E-state index in [0.717, 1.165) is 41.4 Å². The van der Waals surface area contributed by atoms with Crippen LogP contribution in [0, 0.1) is 6.92 Å². The third-order valence-corrected chi connectivity index (χ3v) is 3.75. The standard InChI is InChI=1S/C15H20N2O2/c1-5-10-7-12-13(14(16)15(10)19-4)11(8-18)9(3)17(12)6-2/h7-8H,5-6,16H2,1-4H3. The molecule has 0 spiro atoms. The molecule has 0 saturated carbocycles. The highest BCUT2D eigenvalue weighted by Gasteiger charge is 2.19. The van der Waals surface area contributed by atoms with Crippen LogP contribution in [0.1, 0.15) is 35.5 Å². The molecule has 2 N–H and O–H groups in total. The minimum atomic E-state index is 0.564. The van der Waals surface area contributed by atoms with Gasteiger partial charge >= 0.3 is 0 Å². The number of anilines is 1. The second-order valence-corrected chi connectivity index (χ2v) is 4.59. The van der Waals surface area contributed by atoms with Gasteiger partial charge in [0.05, 0.1) is 18.3 Å². The van der Waals surface area contributed by atoms with Crippen LogP contribution < -0.4 is 10.5 Å². The average Bonchev–Trinajstić information content (AvgIpc) is 2.69. The fraction of sp³-hybridized carbons (Fsp3) is 0.400. The van der Waals surface area contributed by atoms with E-state index < -0.39 is 0 Å².